The number of carbonyl (C=O) groups excluding carboxylic acids is 1. The summed E-state index contributed by atoms with van der Waals surface area (Å²) in [5.41, 5.74) is -0.214. The van der Waals surface area contributed by atoms with Gasteiger partial charge in [0.15, 0.2) is 11.5 Å². The predicted octanol–water partition coefficient (Wildman–Crippen LogP) is 4.89. The fourth-order valence-electron chi connectivity index (χ4n) is 9.19. The van der Waals surface area contributed by atoms with Gasteiger partial charge in [-0.1, -0.05) is 13.8 Å². The summed E-state index contributed by atoms with van der Waals surface area (Å²) >= 11 is 0. The molecule has 6 heteroatoms. The lowest BCUT2D eigenvalue weighted by molar-refractivity contribution is -0.164. The maximum Gasteiger partial charge on any atom is 0.157 e. The first kappa shape index (κ1) is 24.3. The number of carbonyl (C=O) groups is 1. The second-order valence-corrected chi connectivity index (χ2v) is 12.5. The first-order valence-corrected chi connectivity index (χ1v) is 13.6. The molecule has 0 aliphatic heterocycles. The number of aromatic nitrogens is 2. The van der Waals surface area contributed by atoms with E-state index in [1.54, 1.807) is 18.0 Å². The number of ether oxygens (including phenoxy) is 2. The highest BCUT2D eigenvalue weighted by molar-refractivity contribution is 5.82. The molecule has 4 aliphatic carbocycles. The second-order valence-electron chi connectivity index (χ2n) is 12.5. The topological polar surface area (TPSA) is 73.6 Å². The van der Waals surface area contributed by atoms with Gasteiger partial charge in [-0.25, -0.2) is 0 Å². The van der Waals surface area contributed by atoms with E-state index in [9.17, 15) is 9.90 Å². The van der Waals surface area contributed by atoms with Gasteiger partial charge in [-0.3, -0.25) is 9.48 Å². The highest BCUT2D eigenvalue weighted by atomic mass is 16.5. The van der Waals surface area contributed by atoms with Gasteiger partial charge in [-0.15, -0.1) is 0 Å². The summed E-state index contributed by atoms with van der Waals surface area (Å²) in [6.45, 7) is 8.32. The van der Waals surface area contributed by atoms with Gasteiger partial charge in [-0.2, -0.15) is 5.10 Å². The van der Waals surface area contributed by atoms with Crippen LogP contribution in [0.2, 0.25) is 0 Å². The summed E-state index contributed by atoms with van der Waals surface area (Å²) in [4.78, 5) is 13.5. The van der Waals surface area contributed by atoms with Crippen LogP contribution >= 0.6 is 0 Å². The van der Waals surface area contributed by atoms with Gasteiger partial charge in [0.25, 0.3) is 0 Å². The zero-order valence-electron chi connectivity index (χ0n) is 21.6. The van der Waals surface area contributed by atoms with Crippen molar-refractivity contribution < 1.29 is 19.4 Å². The second kappa shape index (κ2) is 8.92. The number of methoxy groups -OCH3 is 1. The van der Waals surface area contributed by atoms with Crippen LogP contribution in [0.3, 0.4) is 0 Å². The first-order chi connectivity index (χ1) is 16.2. The van der Waals surface area contributed by atoms with E-state index < -0.39 is 5.60 Å². The van der Waals surface area contributed by atoms with Crippen molar-refractivity contribution >= 4 is 5.78 Å². The van der Waals surface area contributed by atoms with E-state index in [1.807, 2.05) is 13.1 Å². The molecule has 0 bridgehead atoms. The van der Waals surface area contributed by atoms with Gasteiger partial charge in [0.2, 0.25) is 0 Å². The van der Waals surface area contributed by atoms with Crippen LogP contribution in [0.1, 0.15) is 78.6 Å². The van der Waals surface area contributed by atoms with Gasteiger partial charge in [0.1, 0.15) is 0 Å². The Balaban J connectivity index is 1.29. The Morgan fingerprint density at radius 2 is 1.91 bits per heavy atom. The number of nitrogens with zero attached hydrogens (tertiary/aromatic N) is 2. The Bertz CT molecular complexity index is 901. The average Bonchev–Trinajstić information content (AvgIpc) is 3.38. The van der Waals surface area contributed by atoms with Crippen molar-refractivity contribution in [2.24, 2.45) is 40.4 Å². The highest BCUT2D eigenvalue weighted by Gasteiger charge is 2.62. The van der Waals surface area contributed by atoms with Gasteiger partial charge in [0.05, 0.1) is 37.8 Å². The molecule has 4 aliphatic rings. The van der Waals surface area contributed by atoms with Crippen LogP contribution in [-0.2, 0) is 16.1 Å². The van der Waals surface area contributed by atoms with Crippen LogP contribution in [0, 0.1) is 40.4 Å². The zero-order chi connectivity index (χ0) is 24.1. The van der Waals surface area contributed by atoms with Crippen molar-refractivity contribution in [3.63, 3.8) is 0 Å². The van der Waals surface area contributed by atoms with Crippen molar-refractivity contribution in [2.75, 3.05) is 20.3 Å². The fourth-order valence-corrected chi connectivity index (χ4v) is 9.19. The van der Waals surface area contributed by atoms with Gasteiger partial charge < -0.3 is 14.6 Å². The molecule has 0 aromatic carbocycles. The molecule has 8 atom stereocenters. The van der Waals surface area contributed by atoms with Crippen LogP contribution < -0.4 is 4.74 Å². The van der Waals surface area contributed by atoms with E-state index in [4.69, 9.17) is 9.47 Å². The number of hydrogen-bond acceptors (Lipinski definition) is 5. The molecule has 1 aromatic rings. The molecule has 6 nitrogen and oxygen atoms in total. The van der Waals surface area contributed by atoms with Crippen LogP contribution in [0.5, 0.6) is 5.75 Å². The minimum Gasteiger partial charge on any atom is -0.491 e. The average molecular weight is 473 g/mol. The Morgan fingerprint density at radius 3 is 2.68 bits per heavy atom. The van der Waals surface area contributed by atoms with E-state index in [1.165, 1.54) is 25.7 Å². The van der Waals surface area contributed by atoms with Crippen molar-refractivity contribution in [2.45, 2.75) is 90.7 Å². The van der Waals surface area contributed by atoms with E-state index in [-0.39, 0.29) is 11.3 Å². The predicted molar refractivity (Wildman–Crippen MR) is 130 cm³/mol. The normalized spacial score (nSPS) is 43.6. The monoisotopic (exact) mass is 472 g/mol. The van der Waals surface area contributed by atoms with Crippen LogP contribution in [0.25, 0.3) is 0 Å². The zero-order valence-corrected chi connectivity index (χ0v) is 21.6. The van der Waals surface area contributed by atoms with Crippen LogP contribution in [-0.4, -0.2) is 46.6 Å². The van der Waals surface area contributed by atoms with Crippen molar-refractivity contribution in [1.82, 2.24) is 9.78 Å². The molecule has 0 radical (unpaired) electrons. The van der Waals surface area contributed by atoms with E-state index in [0.717, 1.165) is 49.7 Å². The minimum absolute atomic E-state index is 0.114. The quantitative estimate of drug-likeness (QED) is 0.612. The molecule has 0 spiro atoms. The lowest BCUT2D eigenvalue weighted by Crippen LogP contribution is -2.56. The maximum absolute atomic E-state index is 13.5. The molecule has 5 rings (SSSR count). The SMILES string of the molecule is CCOc1cnn(CC(=O)[C@H]2CC[C@H]3[C@@H]4CC[C@H]5C[C@@](O)(COC)CC[C@]5(C)[C@H]4CC[C@]23C)c1. The molecule has 0 amide bonds. The van der Waals surface area contributed by atoms with E-state index in [0.29, 0.717) is 42.8 Å². The fraction of sp³-hybridized carbons (Fsp3) is 0.857. The Hall–Kier alpha value is -1.40. The molecule has 0 unspecified atom stereocenters. The maximum atomic E-state index is 13.5. The number of aliphatic hydroxyl groups is 1. The molecule has 1 heterocycles. The third-order valence-corrected chi connectivity index (χ3v) is 10.9. The summed E-state index contributed by atoms with van der Waals surface area (Å²) < 4.78 is 12.6. The molecule has 34 heavy (non-hydrogen) atoms. The van der Waals surface area contributed by atoms with Gasteiger partial charge in [-0.05, 0) is 99.2 Å². The molecule has 190 valence electrons. The molecule has 4 fully saturated rings. The van der Waals surface area contributed by atoms with Crippen LogP contribution in [0.15, 0.2) is 12.4 Å². The minimum atomic E-state index is -0.644. The molecule has 1 N–H and O–H groups in total. The lowest BCUT2D eigenvalue weighted by atomic mass is 9.44. The number of Topliss-reactive ketones (excluding diaryl/α,β-unsaturated/α-hetero) is 1. The Labute approximate surface area is 204 Å². The van der Waals surface area contributed by atoms with Crippen LogP contribution in [0.4, 0.5) is 0 Å². The molecule has 4 saturated carbocycles. The Morgan fingerprint density at radius 1 is 1.12 bits per heavy atom. The summed E-state index contributed by atoms with van der Waals surface area (Å²) in [5, 5.41) is 15.4. The largest absolute Gasteiger partial charge is 0.491 e. The third kappa shape index (κ3) is 3.93. The van der Waals surface area contributed by atoms with Crippen molar-refractivity contribution in [3.05, 3.63) is 12.4 Å². The summed E-state index contributed by atoms with van der Waals surface area (Å²) in [6, 6.07) is 0. The lowest BCUT2D eigenvalue weighted by Gasteiger charge is -2.62. The number of ketones is 1. The first-order valence-electron chi connectivity index (χ1n) is 13.6. The molecule has 1 aromatic heterocycles. The van der Waals surface area contributed by atoms with E-state index >= 15 is 0 Å². The molecular formula is C28H44N2O4. The van der Waals surface area contributed by atoms with Gasteiger partial charge in [0, 0.05) is 13.0 Å². The summed E-state index contributed by atoms with van der Waals surface area (Å²) in [5.74, 6) is 3.91. The third-order valence-electron chi connectivity index (χ3n) is 10.9. The standard InChI is InChI=1S/C28H44N2O4/c1-5-34-20-15-29-30(16-20)17-25(31)24-9-8-22-21-7-6-19-14-28(32,18-33-4)13-12-26(19,2)23(21)10-11-27(22,24)3/h15-16,19,21-24,32H,5-14,17-18H2,1-4H3/t19-,21-,22-,23-,24+,26-,27-,28+/m0/s1. The smallest absolute Gasteiger partial charge is 0.157 e. The number of hydrogen-bond donors (Lipinski definition) is 1. The highest BCUT2D eigenvalue weighted by Crippen LogP contribution is 2.68. The van der Waals surface area contributed by atoms with E-state index in [2.05, 4.69) is 18.9 Å². The molecule has 0 saturated heterocycles. The summed E-state index contributed by atoms with van der Waals surface area (Å²) in [6.07, 6.45) is 13.5. The summed E-state index contributed by atoms with van der Waals surface area (Å²) in [7, 11) is 1.70. The number of rotatable bonds is 7. The molecular weight excluding hydrogens is 428 g/mol. The van der Waals surface area contributed by atoms with Gasteiger partial charge >= 0.3 is 0 Å². The number of fused-ring (bicyclic) bond motifs is 5. The Kier molecular flexibility index (Phi) is 6.37. The van der Waals surface area contributed by atoms with Crippen molar-refractivity contribution in [3.8, 4) is 5.75 Å². The van der Waals surface area contributed by atoms with Crippen molar-refractivity contribution in [1.29, 1.82) is 0 Å².